The van der Waals surface area contributed by atoms with Crippen molar-refractivity contribution in [3.63, 3.8) is 0 Å². The number of nitrogens with zero attached hydrogens (tertiary/aromatic N) is 4. The maximum Gasteiger partial charge on any atom is 0.255 e. The fourth-order valence-electron chi connectivity index (χ4n) is 3.79. The number of aromatic nitrogens is 4. The standard InChI is InChI=1S/C27H24N6O2/c1-18(19-6-4-3-5-7-19)30-27-28-15-14-25(32-27)33-17-29-23-16-21(10-13-24(23)33)31-26(34)20-8-11-22(35-2)12-9-20/h3-18H,1-2H3,(H,31,34)(H,28,30,32). The molecule has 174 valence electrons. The van der Waals surface area contributed by atoms with Gasteiger partial charge in [-0.05, 0) is 61.0 Å². The van der Waals surface area contributed by atoms with E-state index in [4.69, 9.17) is 4.74 Å². The summed E-state index contributed by atoms with van der Waals surface area (Å²) in [6, 6.07) is 24.6. The molecule has 2 heterocycles. The van der Waals surface area contributed by atoms with E-state index in [1.165, 1.54) is 0 Å². The molecule has 1 atom stereocenters. The minimum atomic E-state index is -0.203. The first-order valence-electron chi connectivity index (χ1n) is 11.2. The number of carbonyl (C=O) groups excluding carboxylic acids is 1. The van der Waals surface area contributed by atoms with Crippen molar-refractivity contribution in [1.82, 2.24) is 19.5 Å². The Morgan fingerprint density at radius 2 is 1.77 bits per heavy atom. The van der Waals surface area contributed by atoms with E-state index >= 15 is 0 Å². The maximum absolute atomic E-state index is 12.6. The monoisotopic (exact) mass is 464 g/mol. The van der Waals surface area contributed by atoms with Crippen LogP contribution in [0.15, 0.2) is 91.4 Å². The molecule has 0 aliphatic carbocycles. The molecule has 5 rings (SSSR count). The summed E-state index contributed by atoms with van der Waals surface area (Å²) in [5.41, 5.74) is 3.96. The van der Waals surface area contributed by atoms with Gasteiger partial charge in [0.25, 0.3) is 5.91 Å². The number of amides is 1. The number of carbonyl (C=O) groups is 1. The van der Waals surface area contributed by atoms with Crippen molar-refractivity contribution < 1.29 is 9.53 Å². The summed E-state index contributed by atoms with van der Waals surface area (Å²) in [5.74, 6) is 1.72. The molecule has 0 saturated heterocycles. The van der Waals surface area contributed by atoms with Gasteiger partial charge in [-0.25, -0.2) is 9.97 Å². The molecule has 0 saturated carbocycles. The van der Waals surface area contributed by atoms with Crippen molar-refractivity contribution in [2.24, 2.45) is 0 Å². The van der Waals surface area contributed by atoms with Gasteiger partial charge in [0.1, 0.15) is 17.9 Å². The number of nitrogens with one attached hydrogen (secondary N) is 2. The Morgan fingerprint density at radius 3 is 2.54 bits per heavy atom. The molecule has 0 aliphatic heterocycles. The normalized spacial score (nSPS) is 11.7. The van der Waals surface area contributed by atoms with Crippen molar-refractivity contribution in [2.75, 3.05) is 17.7 Å². The van der Waals surface area contributed by atoms with Gasteiger partial charge in [0.2, 0.25) is 5.95 Å². The van der Waals surface area contributed by atoms with Gasteiger partial charge in [-0.15, -0.1) is 0 Å². The first-order valence-corrected chi connectivity index (χ1v) is 11.2. The average Bonchev–Trinajstić information content (AvgIpc) is 3.33. The lowest BCUT2D eigenvalue weighted by Crippen LogP contribution is -2.11. The lowest BCUT2D eigenvalue weighted by atomic mass is 10.1. The summed E-state index contributed by atoms with van der Waals surface area (Å²) in [4.78, 5) is 26.2. The predicted octanol–water partition coefficient (Wildman–Crippen LogP) is 5.25. The highest BCUT2D eigenvalue weighted by Crippen LogP contribution is 2.23. The maximum atomic E-state index is 12.6. The first-order chi connectivity index (χ1) is 17.1. The second-order valence-corrected chi connectivity index (χ2v) is 8.02. The van der Waals surface area contributed by atoms with Crippen LogP contribution in [0.3, 0.4) is 0 Å². The van der Waals surface area contributed by atoms with Crippen molar-refractivity contribution in [2.45, 2.75) is 13.0 Å². The van der Waals surface area contributed by atoms with Gasteiger partial charge in [0.15, 0.2) is 0 Å². The van der Waals surface area contributed by atoms with E-state index in [1.54, 1.807) is 43.9 Å². The summed E-state index contributed by atoms with van der Waals surface area (Å²) in [6.45, 7) is 2.07. The number of benzene rings is 3. The zero-order valence-electron chi connectivity index (χ0n) is 19.3. The zero-order chi connectivity index (χ0) is 24.2. The molecule has 1 unspecified atom stereocenters. The van der Waals surface area contributed by atoms with Crippen LogP contribution >= 0.6 is 0 Å². The predicted molar refractivity (Wildman–Crippen MR) is 136 cm³/mol. The number of anilines is 2. The highest BCUT2D eigenvalue weighted by molar-refractivity contribution is 6.05. The van der Waals surface area contributed by atoms with Crippen LogP contribution in [0.2, 0.25) is 0 Å². The van der Waals surface area contributed by atoms with Crippen molar-refractivity contribution in [3.05, 3.63) is 103 Å². The summed E-state index contributed by atoms with van der Waals surface area (Å²) in [7, 11) is 1.59. The van der Waals surface area contributed by atoms with Gasteiger partial charge in [-0.2, -0.15) is 4.98 Å². The average molecular weight is 465 g/mol. The van der Waals surface area contributed by atoms with Gasteiger partial charge in [0.05, 0.1) is 24.2 Å². The largest absolute Gasteiger partial charge is 0.497 e. The molecule has 0 spiro atoms. The van der Waals surface area contributed by atoms with Crippen LogP contribution in [0.25, 0.3) is 16.9 Å². The van der Waals surface area contributed by atoms with E-state index in [0.29, 0.717) is 28.8 Å². The Kier molecular flexibility index (Phi) is 6.09. The van der Waals surface area contributed by atoms with Crippen LogP contribution in [0.5, 0.6) is 5.75 Å². The molecular formula is C27H24N6O2. The van der Waals surface area contributed by atoms with E-state index < -0.39 is 0 Å². The molecule has 0 bridgehead atoms. The fraction of sp³-hybridized carbons (Fsp3) is 0.111. The third kappa shape index (κ3) is 4.81. The highest BCUT2D eigenvalue weighted by atomic mass is 16.5. The van der Waals surface area contributed by atoms with Gasteiger partial charge >= 0.3 is 0 Å². The van der Waals surface area contributed by atoms with Gasteiger partial charge in [0, 0.05) is 17.4 Å². The molecule has 8 heteroatoms. The lowest BCUT2D eigenvalue weighted by molar-refractivity contribution is 0.102. The van der Waals surface area contributed by atoms with Gasteiger partial charge < -0.3 is 15.4 Å². The third-order valence-electron chi connectivity index (χ3n) is 5.69. The van der Waals surface area contributed by atoms with Crippen LogP contribution in [0.4, 0.5) is 11.6 Å². The number of rotatable bonds is 7. The number of ether oxygens (including phenoxy) is 1. The third-order valence-corrected chi connectivity index (χ3v) is 5.69. The van der Waals surface area contributed by atoms with Gasteiger partial charge in [-0.1, -0.05) is 30.3 Å². The SMILES string of the molecule is COc1ccc(C(=O)Nc2ccc3c(c2)ncn3-c2ccnc(NC(C)c3ccccc3)n2)cc1. The number of methoxy groups -OCH3 is 1. The Labute approximate surface area is 202 Å². The van der Waals surface area contributed by atoms with E-state index in [0.717, 1.165) is 16.6 Å². The minimum absolute atomic E-state index is 0.0582. The van der Waals surface area contributed by atoms with Crippen molar-refractivity contribution in [1.29, 1.82) is 0 Å². The zero-order valence-corrected chi connectivity index (χ0v) is 19.3. The van der Waals surface area contributed by atoms with Crippen LogP contribution in [-0.4, -0.2) is 32.5 Å². The second kappa shape index (κ2) is 9.64. The molecule has 0 aliphatic rings. The molecule has 2 aromatic heterocycles. The first kappa shape index (κ1) is 22.1. The smallest absolute Gasteiger partial charge is 0.255 e. The number of hydrogen-bond donors (Lipinski definition) is 2. The number of imidazole rings is 1. The van der Waals surface area contributed by atoms with Crippen LogP contribution in [0, 0.1) is 0 Å². The summed E-state index contributed by atoms with van der Waals surface area (Å²) in [5, 5.41) is 6.27. The molecule has 8 nitrogen and oxygen atoms in total. The summed E-state index contributed by atoms with van der Waals surface area (Å²) >= 11 is 0. The molecule has 1 amide bonds. The van der Waals surface area contributed by atoms with Crippen LogP contribution in [0.1, 0.15) is 28.9 Å². The van der Waals surface area contributed by atoms with Gasteiger partial charge in [-0.3, -0.25) is 9.36 Å². The molecule has 3 aromatic carbocycles. The van der Waals surface area contributed by atoms with E-state index in [-0.39, 0.29) is 11.9 Å². The molecule has 35 heavy (non-hydrogen) atoms. The van der Waals surface area contributed by atoms with Crippen molar-refractivity contribution in [3.8, 4) is 11.6 Å². The molecular weight excluding hydrogens is 440 g/mol. The molecule has 2 N–H and O–H groups in total. The van der Waals surface area contributed by atoms with E-state index in [9.17, 15) is 4.79 Å². The Balaban J connectivity index is 1.34. The Morgan fingerprint density at radius 1 is 0.971 bits per heavy atom. The lowest BCUT2D eigenvalue weighted by Gasteiger charge is -2.14. The fourth-order valence-corrected chi connectivity index (χ4v) is 3.79. The summed E-state index contributed by atoms with van der Waals surface area (Å²) in [6.07, 6.45) is 3.43. The molecule has 0 radical (unpaired) electrons. The minimum Gasteiger partial charge on any atom is -0.497 e. The van der Waals surface area contributed by atoms with Crippen molar-refractivity contribution >= 4 is 28.6 Å². The number of hydrogen-bond acceptors (Lipinski definition) is 6. The second-order valence-electron chi connectivity index (χ2n) is 8.02. The topological polar surface area (TPSA) is 94.0 Å². The molecule has 5 aromatic rings. The number of fused-ring (bicyclic) bond motifs is 1. The van der Waals surface area contributed by atoms with E-state index in [2.05, 4.69) is 44.6 Å². The Hall–Kier alpha value is -4.72. The molecule has 0 fully saturated rings. The summed E-state index contributed by atoms with van der Waals surface area (Å²) < 4.78 is 7.04. The highest BCUT2D eigenvalue weighted by Gasteiger charge is 2.12. The van der Waals surface area contributed by atoms with Crippen LogP contribution in [-0.2, 0) is 0 Å². The quantitative estimate of drug-likeness (QED) is 0.342. The van der Waals surface area contributed by atoms with E-state index in [1.807, 2.05) is 47.0 Å². The Bertz CT molecular complexity index is 1460. The van der Waals surface area contributed by atoms with Crippen LogP contribution < -0.4 is 15.4 Å².